The molecular formula is C67H89N13O16. The van der Waals surface area contributed by atoms with Gasteiger partial charge in [0.05, 0.1) is 40.8 Å². The minimum atomic E-state index is -0.835. The Kier molecular flexibility index (Phi) is 16.6. The molecule has 29 nitrogen and oxygen atoms in total. The number of anilines is 1. The van der Waals surface area contributed by atoms with E-state index in [0.29, 0.717) is 11.5 Å². The molecule has 8 aliphatic heterocycles. The van der Waals surface area contributed by atoms with Gasteiger partial charge in [-0.3, -0.25) is 4.79 Å². The van der Waals surface area contributed by atoms with Gasteiger partial charge < -0.3 is 96.2 Å². The molecule has 8 fully saturated rings. The Hall–Kier alpha value is -6.65. The van der Waals surface area contributed by atoms with Crippen LogP contribution in [0.1, 0.15) is 153 Å². The van der Waals surface area contributed by atoms with Gasteiger partial charge in [0.1, 0.15) is 125 Å². The molecule has 0 bridgehead atoms. The number of nitrogens with two attached hydrogens (primary N) is 1. The highest BCUT2D eigenvalue weighted by Gasteiger charge is 2.69. The van der Waals surface area contributed by atoms with Gasteiger partial charge in [0.15, 0.2) is 53.8 Å². The number of nitrogens with zero attached hydrogens (tertiary/aromatic N) is 12. The lowest BCUT2D eigenvalue weighted by Gasteiger charge is -2.30. The molecule has 8 aromatic heterocycles. The van der Waals surface area contributed by atoms with E-state index in [1.165, 1.54) is 19.6 Å². The minimum absolute atomic E-state index is 0.0754. The first-order valence-electron chi connectivity index (χ1n) is 32.5. The summed E-state index contributed by atoms with van der Waals surface area (Å²) in [5, 5.41) is 34.3. The molecule has 8 aromatic rings. The lowest BCUT2D eigenvalue weighted by molar-refractivity contribution is -0.221. The van der Waals surface area contributed by atoms with E-state index >= 15 is 0 Å². The summed E-state index contributed by atoms with van der Waals surface area (Å²) in [6.07, 6.45) is 6.05. The Morgan fingerprint density at radius 1 is 0.417 bits per heavy atom. The van der Waals surface area contributed by atoms with Gasteiger partial charge in [0.2, 0.25) is 0 Å². The van der Waals surface area contributed by atoms with Crippen LogP contribution in [0.2, 0.25) is 0 Å². The minimum Gasteiger partial charge on any atom is -0.391 e. The first-order chi connectivity index (χ1) is 44.9. The van der Waals surface area contributed by atoms with Crippen molar-refractivity contribution in [2.24, 2.45) is 0 Å². The van der Waals surface area contributed by atoms with Crippen molar-refractivity contribution in [3.63, 3.8) is 0 Å². The molecule has 96 heavy (non-hydrogen) atoms. The summed E-state index contributed by atoms with van der Waals surface area (Å²) in [5.74, 6) is -2.66. The van der Waals surface area contributed by atoms with Crippen LogP contribution >= 0.6 is 0 Å². The fourth-order valence-electron chi connectivity index (χ4n) is 16.0. The maximum absolute atomic E-state index is 12.1. The average molecular weight is 1330 g/mol. The van der Waals surface area contributed by atoms with Gasteiger partial charge in [-0.2, -0.15) is 0 Å². The fraction of sp³-hybridized carbons (Fsp3) is 0.627. The number of carbonyl (C=O) groups excluding carboxylic acids is 1. The summed E-state index contributed by atoms with van der Waals surface area (Å²) in [6, 6.07) is 7.75. The number of carbonyl (C=O) groups is 1. The topological polar surface area (TPSA) is 337 Å². The van der Waals surface area contributed by atoms with Crippen LogP contribution in [0.5, 0.6) is 0 Å². The van der Waals surface area contributed by atoms with Crippen LogP contribution in [0.4, 0.5) is 5.82 Å². The summed E-state index contributed by atoms with van der Waals surface area (Å²) >= 11 is 0. The normalized spacial score (nSPS) is 35.8. The van der Waals surface area contributed by atoms with Crippen molar-refractivity contribution >= 4 is 55.7 Å². The molecule has 8 aliphatic rings. The van der Waals surface area contributed by atoms with Gasteiger partial charge in [-0.15, -0.1) is 0 Å². The predicted molar refractivity (Wildman–Crippen MR) is 344 cm³/mol. The summed E-state index contributed by atoms with van der Waals surface area (Å²) in [6.45, 7) is 35.1. The van der Waals surface area contributed by atoms with Crippen LogP contribution < -0.4 is 5.73 Å². The van der Waals surface area contributed by atoms with Gasteiger partial charge >= 0.3 is 0 Å². The molecule has 0 saturated carbocycles. The number of aliphatic hydroxyl groups is 3. The lowest BCUT2D eigenvalue weighted by atomic mass is 9.91. The quantitative estimate of drug-likeness (QED) is 0.117. The van der Waals surface area contributed by atoms with E-state index in [1.54, 1.807) is 33.4 Å². The van der Waals surface area contributed by atoms with Crippen LogP contribution in [0.3, 0.4) is 0 Å². The molecule has 0 aliphatic carbocycles. The van der Waals surface area contributed by atoms with E-state index in [9.17, 15) is 20.1 Å². The number of hydrogen-bond acceptors (Lipinski definition) is 25. The zero-order valence-electron chi connectivity index (χ0n) is 57.7. The molecule has 518 valence electrons. The monoisotopic (exact) mass is 1330 g/mol. The molecular weight excluding hydrogens is 1240 g/mol. The molecule has 8 saturated heterocycles. The number of ketones is 1. The van der Waals surface area contributed by atoms with E-state index in [4.69, 9.17) is 62.6 Å². The zero-order chi connectivity index (χ0) is 69.1. The van der Waals surface area contributed by atoms with Gasteiger partial charge in [-0.05, 0) is 156 Å². The average Bonchev–Trinajstić information content (AvgIpc) is 1.58. The second kappa shape index (κ2) is 23.5. The van der Waals surface area contributed by atoms with Crippen molar-refractivity contribution in [3.8, 4) is 0 Å². The first-order valence-corrected chi connectivity index (χ1v) is 32.5. The van der Waals surface area contributed by atoms with Crippen molar-refractivity contribution in [1.82, 2.24) is 58.1 Å². The van der Waals surface area contributed by atoms with Crippen molar-refractivity contribution in [2.45, 2.75) is 269 Å². The van der Waals surface area contributed by atoms with E-state index < -0.39 is 119 Å². The SMILES string of the molecule is CC(=O)[C@H]1O[C@@H](n2ccc3c(C)ncnc32)[C@@H]2OC(C)(C)O[C@]12C.C[C@@H](O)[C@H]1O[C@@H](n2ccc3c(N)ncnc32)[C@@H]2OC(C)(C)O[C@]12C.Cc1ncnc2c1ccn2[C@@H]1O[C@H]([C@@H](C)O)[C@@]2(C)OC(C)(C)O[C@@H]12.Cc1ncnc2c1ccn2[C@@H]1O[C@H]([C@@H](C)O)[C@@]2(C)OC(C)(C)O[C@@H]12. The predicted octanol–water partition coefficient (Wildman–Crippen LogP) is 7.19. The van der Waals surface area contributed by atoms with Crippen molar-refractivity contribution in [3.05, 3.63) is 91.4 Å². The number of aromatic nitrogens is 12. The lowest BCUT2D eigenvalue weighted by Crippen LogP contribution is -2.48. The number of hydrogen-bond donors (Lipinski definition) is 4. The number of ether oxygens (including phenoxy) is 12. The van der Waals surface area contributed by atoms with Crippen LogP contribution in [-0.2, 0) is 61.6 Å². The second-order valence-corrected chi connectivity index (χ2v) is 29.0. The first kappa shape index (κ1) is 67.9. The smallest absolute Gasteiger partial charge is 0.165 e. The Labute approximate surface area is 555 Å². The molecule has 0 amide bonds. The Balaban J connectivity index is 0.000000116. The van der Waals surface area contributed by atoms with E-state index in [2.05, 4.69) is 39.9 Å². The van der Waals surface area contributed by atoms with Crippen molar-refractivity contribution < 1.29 is 77.0 Å². The number of fused-ring (bicyclic) bond motifs is 8. The van der Waals surface area contributed by atoms with E-state index in [0.717, 1.165) is 55.6 Å². The molecule has 16 rings (SSSR count). The molecule has 5 N–H and O–H groups in total. The summed E-state index contributed by atoms with van der Waals surface area (Å²) in [4.78, 5) is 46.3. The molecule has 19 atom stereocenters. The number of Topliss-reactive ketones (excluding diaryl/α,β-unsaturated/α-hetero) is 1. The highest BCUT2D eigenvalue weighted by atomic mass is 16.8. The van der Waals surface area contributed by atoms with Crippen LogP contribution in [-0.4, -0.2) is 192 Å². The van der Waals surface area contributed by atoms with Gasteiger partial charge in [0.25, 0.3) is 0 Å². The Morgan fingerprint density at radius 3 is 0.979 bits per heavy atom. The van der Waals surface area contributed by atoms with E-state index in [-0.39, 0.29) is 24.1 Å². The van der Waals surface area contributed by atoms with Gasteiger partial charge in [-0.1, -0.05) is 0 Å². The largest absolute Gasteiger partial charge is 0.391 e. The van der Waals surface area contributed by atoms with E-state index in [1.807, 2.05) is 171 Å². The summed E-state index contributed by atoms with van der Waals surface area (Å²) < 4.78 is 81.3. The summed E-state index contributed by atoms with van der Waals surface area (Å²) in [5.41, 5.74) is 8.56. The number of rotatable bonds is 8. The third-order valence-electron chi connectivity index (χ3n) is 19.6. The van der Waals surface area contributed by atoms with Crippen molar-refractivity contribution in [2.75, 3.05) is 5.73 Å². The molecule has 0 spiro atoms. The molecule has 0 aromatic carbocycles. The molecule has 29 heteroatoms. The Bertz CT molecular complexity index is 3950. The molecule has 0 radical (unpaired) electrons. The van der Waals surface area contributed by atoms with Crippen LogP contribution in [0, 0.1) is 20.8 Å². The highest BCUT2D eigenvalue weighted by Crippen LogP contribution is 2.56. The van der Waals surface area contributed by atoms with Crippen molar-refractivity contribution in [1.29, 1.82) is 0 Å². The summed E-state index contributed by atoms with van der Waals surface area (Å²) in [7, 11) is 0. The second-order valence-electron chi connectivity index (χ2n) is 29.0. The highest BCUT2D eigenvalue weighted by molar-refractivity contribution is 5.86. The van der Waals surface area contributed by atoms with Crippen LogP contribution in [0.15, 0.2) is 74.4 Å². The van der Waals surface area contributed by atoms with Gasteiger partial charge in [-0.25, -0.2) is 39.9 Å². The number of aliphatic hydroxyl groups excluding tert-OH is 3. The fourth-order valence-corrected chi connectivity index (χ4v) is 16.0. The molecule has 16 heterocycles. The molecule has 0 unspecified atom stereocenters. The Morgan fingerprint density at radius 2 is 0.677 bits per heavy atom. The van der Waals surface area contributed by atoms with Gasteiger partial charge in [0, 0.05) is 40.9 Å². The zero-order valence-corrected chi connectivity index (χ0v) is 57.7. The number of nitrogen functional groups attached to an aromatic ring is 1. The standard InChI is InChI=1S/2C17H23N3O4.C17H21N3O4.C16H22N4O4/c3*1-9-11-6-7-20(14(11)19-8-18-9)15-13-17(5,12(22-15)10(2)21)24-16(3,4)23-13;1-8(21)10-16(4)11(23-15(2,3)24-16)14(22-10)20-6-5-9-12(17)18-7-19-13(9)20/h2*6-8,10,12-13,15,21H,1-5H3;6-8,12-13,15H,1-5H3;5-8,10-11,14,21H,1-4H3,(H2,17,18,19)/t2*10-,12-,13+,15-,17-;12-,13+,15-,17-;8-,10-,11+,14-,16-/m1111/s1. The van der Waals surface area contributed by atoms with Crippen LogP contribution in [0.25, 0.3) is 44.1 Å². The third kappa shape index (κ3) is 11.2. The maximum atomic E-state index is 12.1. The third-order valence-corrected chi connectivity index (χ3v) is 19.6. The number of aryl methyl sites for hydroxylation is 3. The maximum Gasteiger partial charge on any atom is 0.165 e.